The Balaban J connectivity index is 0. The Labute approximate surface area is 174 Å². The molecule has 172 valence electrons. The highest BCUT2D eigenvalue weighted by molar-refractivity contribution is 7.53. The maximum atomic E-state index is 11.7. The zero-order valence-electron chi connectivity index (χ0n) is 18.9. The first kappa shape index (κ1) is 30.5. The molecule has 0 atom stereocenters. The van der Waals surface area contributed by atoms with E-state index >= 15 is 0 Å². The molecule has 0 heterocycles. The highest BCUT2D eigenvalue weighted by Gasteiger charge is 2.44. The van der Waals surface area contributed by atoms with E-state index in [2.05, 4.69) is 27.7 Å². The van der Waals surface area contributed by atoms with Crippen molar-refractivity contribution in [1.82, 2.24) is 0 Å². The first-order chi connectivity index (χ1) is 13.2. The highest BCUT2D eigenvalue weighted by atomic mass is 31.2. The Hall–Kier alpha value is 0.300. The minimum absolute atomic E-state index is 0.556. The summed E-state index contributed by atoms with van der Waals surface area (Å²) in [5, 5.41) is -0.742. The summed E-state index contributed by atoms with van der Waals surface area (Å²) in [7, 11) is -6.17. The van der Waals surface area contributed by atoms with E-state index in [1.807, 2.05) is 6.92 Å². The highest BCUT2D eigenvalue weighted by Crippen LogP contribution is 2.58. The Morgan fingerprint density at radius 1 is 0.714 bits per heavy atom. The van der Waals surface area contributed by atoms with Crippen molar-refractivity contribution in [3.05, 3.63) is 0 Å². The van der Waals surface area contributed by atoms with E-state index in [9.17, 15) is 18.9 Å². The van der Waals surface area contributed by atoms with Gasteiger partial charge >= 0.3 is 15.9 Å². The van der Waals surface area contributed by atoms with Crippen LogP contribution in [0.2, 0.25) is 0 Å². The molecule has 0 rings (SSSR count). The maximum absolute atomic E-state index is 11.7. The van der Waals surface area contributed by atoms with Gasteiger partial charge in [-0.2, -0.15) is 0 Å². The SMILES string of the molecule is CCCCC(CCC)(CCCC)P(=O)(O)O.CCCCO[PH](=O)OCCCC. The fourth-order valence-electron chi connectivity index (χ4n) is 2.93. The van der Waals surface area contributed by atoms with Crippen molar-refractivity contribution >= 4 is 15.9 Å². The lowest BCUT2D eigenvalue weighted by molar-refractivity contribution is 0.221. The molecule has 0 aromatic rings. The van der Waals surface area contributed by atoms with E-state index in [4.69, 9.17) is 9.05 Å². The van der Waals surface area contributed by atoms with Crippen LogP contribution in [-0.2, 0) is 18.2 Å². The molecule has 0 spiro atoms. The van der Waals surface area contributed by atoms with E-state index in [1.54, 1.807) is 0 Å². The molecule has 0 aliphatic heterocycles. The number of rotatable bonds is 17. The minimum atomic E-state index is -3.98. The van der Waals surface area contributed by atoms with Gasteiger partial charge in [0.1, 0.15) is 0 Å². The van der Waals surface area contributed by atoms with Crippen molar-refractivity contribution in [2.24, 2.45) is 0 Å². The summed E-state index contributed by atoms with van der Waals surface area (Å²) in [5.41, 5.74) is 0. The van der Waals surface area contributed by atoms with E-state index in [0.29, 0.717) is 32.5 Å². The lowest BCUT2D eigenvalue weighted by Crippen LogP contribution is -2.29. The van der Waals surface area contributed by atoms with E-state index in [-0.39, 0.29) is 0 Å². The Morgan fingerprint density at radius 2 is 1.11 bits per heavy atom. The molecule has 0 fully saturated rings. The van der Waals surface area contributed by atoms with Crippen LogP contribution < -0.4 is 0 Å². The minimum Gasteiger partial charge on any atom is -0.324 e. The van der Waals surface area contributed by atoms with Crippen LogP contribution in [0, 0.1) is 0 Å². The van der Waals surface area contributed by atoms with Crippen molar-refractivity contribution < 1.29 is 28.0 Å². The molecule has 28 heavy (non-hydrogen) atoms. The van der Waals surface area contributed by atoms with Crippen LogP contribution in [0.15, 0.2) is 0 Å². The number of hydrogen-bond acceptors (Lipinski definition) is 4. The Bertz CT molecular complexity index is 392. The zero-order valence-corrected chi connectivity index (χ0v) is 20.8. The number of unbranched alkanes of at least 4 members (excludes halogenated alkanes) is 4. The van der Waals surface area contributed by atoms with Crippen LogP contribution in [0.4, 0.5) is 0 Å². The van der Waals surface area contributed by atoms with Gasteiger partial charge in [0, 0.05) is 0 Å². The predicted molar refractivity (Wildman–Crippen MR) is 119 cm³/mol. The van der Waals surface area contributed by atoms with Gasteiger partial charge in [0.25, 0.3) is 0 Å². The summed E-state index contributed by atoms with van der Waals surface area (Å²) in [6.45, 7) is 11.4. The lowest BCUT2D eigenvalue weighted by atomic mass is 9.90. The Kier molecular flexibility index (Phi) is 21.0. The van der Waals surface area contributed by atoms with E-state index in [1.165, 1.54) is 0 Å². The third-order valence-corrected chi connectivity index (χ3v) is 7.55. The maximum Gasteiger partial charge on any atom is 0.331 e. The average Bonchev–Trinajstić information content (AvgIpc) is 2.64. The topological polar surface area (TPSA) is 93.1 Å². The zero-order chi connectivity index (χ0) is 21.9. The quantitative estimate of drug-likeness (QED) is 0.184. The van der Waals surface area contributed by atoms with Crippen molar-refractivity contribution in [2.75, 3.05) is 13.2 Å². The lowest BCUT2D eigenvalue weighted by Gasteiger charge is -2.34. The van der Waals surface area contributed by atoms with Gasteiger partial charge in [0.15, 0.2) is 0 Å². The van der Waals surface area contributed by atoms with Gasteiger partial charge in [-0.15, -0.1) is 0 Å². The summed E-state index contributed by atoms with van der Waals surface area (Å²) in [5.74, 6) is 0. The van der Waals surface area contributed by atoms with Gasteiger partial charge < -0.3 is 18.8 Å². The molecule has 0 aromatic heterocycles. The van der Waals surface area contributed by atoms with Crippen molar-refractivity contribution in [3.63, 3.8) is 0 Å². The fourth-order valence-corrected chi connectivity index (χ4v) is 5.05. The summed E-state index contributed by atoms with van der Waals surface area (Å²) in [6, 6.07) is 0. The van der Waals surface area contributed by atoms with Crippen LogP contribution in [0.25, 0.3) is 0 Å². The molecule has 2 N–H and O–H groups in total. The molecule has 8 heteroatoms. The smallest absolute Gasteiger partial charge is 0.324 e. The van der Waals surface area contributed by atoms with Gasteiger partial charge in [-0.05, 0) is 32.1 Å². The van der Waals surface area contributed by atoms with Gasteiger partial charge in [-0.3, -0.25) is 9.13 Å². The Morgan fingerprint density at radius 3 is 1.39 bits per heavy atom. The first-order valence-electron chi connectivity index (χ1n) is 11.1. The van der Waals surface area contributed by atoms with Crippen LogP contribution in [0.3, 0.4) is 0 Å². The second-order valence-corrected chi connectivity index (χ2v) is 10.5. The molecular weight excluding hydrogens is 398 g/mol. The fraction of sp³-hybridized carbons (Fsp3) is 1.00. The predicted octanol–water partition coefficient (Wildman–Crippen LogP) is 7.09. The molecule has 0 bridgehead atoms. The summed E-state index contributed by atoms with van der Waals surface area (Å²) < 4.78 is 32.6. The third-order valence-electron chi connectivity index (χ3n) is 4.76. The second kappa shape index (κ2) is 19.3. The molecule has 0 unspecified atom stereocenters. The monoisotopic (exact) mass is 444 g/mol. The van der Waals surface area contributed by atoms with Gasteiger partial charge in [-0.25, -0.2) is 0 Å². The average molecular weight is 445 g/mol. The molecule has 0 radical (unpaired) electrons. The van der Waals surface area contributed by atoms with Crippen LogP contribution in [0.1, 0.15) is 112 Å². The third kappa shape index (κ3) is 15.2. The molecule has 0 amide bonds. The molecule has 0 aliphatic carbocycles. The normalized spacial score (nSPS) is 12.1. The van der Waals surface area contributed by atoms with Crippen molar-refractivity contribution in [2.45, 2.75) is 117 Å². The largest absolute Gasteiger partial charge is 0.331 e. The van der Waals surface area contributed by atoms with E-state index in [0.717, 1.165) is 57.8 Å². The molecule has 0 aromatic carbocycles. The van der Waals surface area contributed by atoms with Gasteiger partial charge in [0.2, 0.25) is 0 Å². The standard InChI is InChI=1S/C12H27O3P.C8H19O3P/c1-4-7-10-12(9-6-3,11-8-5-2)16(13,14)15;1-3-5-7-10-12(9)11-8-6-4-2/h4-11H2,1-3H3,(H2,13,14,15);12H,3-8H2,1-2H3. The summed E-state index contributed by atoms with van der Waals surface area (Å²) in [4.78, 5) is 19.2. The van der Waals surface area contributed by atoms with E-state index < -0.39 is 21.0 Å². The molecule has 0 aliphatic rings. The summed E-state index contributed by atoms with van der Waals surface area (Å²) in [6.07, 6.45) is 10.7. The molecule has 0 saturated carbocycles. The molecule has 0 saturated heterocycles. The molecule has 6 nitrogen and oxygen atoms in total. The molecular formula is C20H46O6P2. The second-order valence-electron chi connectivity index (χ2n) is 7.38. The van der Waals surface area contributed by atoms with Gasteiger partial charge in [0.05, 0.1) is 18.4 Å². The van der Waals surface area contributed by atoms with Crippen LogP contribution in [0.5, 0.6) is 0 Å². The van der Waals surface area contributed by atoms with Crippen molar-refractivity contribution in [3.8, 4) is 0 Å². The first-order valence-corrected chi connectivity index (χ1v) is 13.9. The van der Waals surface area contributed by atoms with Crippen LogP contribution in [-0.4, -0.2) is 28.2 Å². The van der Waals surface area contributed by atoms with Gasteiger partial charge in [-0.1, -0.05) is 79.6 Å². The summed E-state index contributed by atoms with van der Waals surface area (Å²) >= 11 is 0. The van der Waals surface area contributed by atoms with Crippen LogP contribution >= 0.6 is 15.9 Å². The van der Waals surface area contributed by atoms with Crippen molar-refractivity contribution in [1.29, 1.82) is 0 Å². The number of hydrogen-bond donors (Lipinski definition) is 2.